The number of nitrogens with zero attached hydrogens (tertiary/aromatic N) is 4. The molecule has 2 saturated heterocycles. The molecule has 2 aromatic rings. The van der Waals surface area contributed by atoms with Gasteiger partial charge in [-0.25, -0.2) is 4.98 Å². The number of carbonyl (C=O) groups excluding carboxylic acids is 2. The molecule has 0 aliphatic carbocycles. The lowest BCUT2D eigenvalue weighted by Gasteiger charge is -2.40. The van der Waals surface area contributed by atoms with Gasteiger partial charge in [-0.2, -0.15) is 0 Å². The second-order valence-corrected chi connectivity index (χ2v) is 11.3. The monoisotopic (exact) mass is 484 g/mol. The molecule has 3 heterocycles. The maximum Gasteiger partial charge on any atom is 0.254 e. The SMILES string of the molecule is Cc1ccc(C2C(C(=O)N3CCCN(Cc4csc(C(C)(C)C)n4)CC3)OCC(=O)N2C)cc1. The molecular formula is C26H36N4O3S. The van der Waals surface area contributed by atoms with Crippen molar-refractivity contribution in [1.29, 1.82) is 0 Å². The first kappa shape index (κ1) is 24.8. The highest BCUT2D eigenvalue weighted by atomic mass is 32.1. The third-order valence-electron chi connectivity index (χ3n) is 6.63. The number of aryl methyl sites for hydroxylation is 1. The lowest BCUT2D eigenvalue weighted by atomic mass is 9.96. The largest absolute Gasteiger partial charge is 0.356 e. The number of rotatable bonds is 4. The minimum Gasteiger partial charge on any atom is -0.356 e. The first-order valence-electron chi connectivity index (χ1n) is 12.0. The Hall–Kier alpha value is -2.29. The topological polar surface area (TPSA) is 66.0 Å². The normalized spacial score (nSPS) is 22.7. The molecule has 2 fully saturated rings. The summed E-state index contributed by atoms with van der Waals surface area (Å²) in [5.74, 6) is -0.134. The quantitative estimate of drug-likeness (QED) is 0.666. The van der Waals surface area contributed by atoms with Gasteiger partial charge < -0.3 is 14.5 Å². The molecule has 2 amide bonds. The maximum atomic E-state index is 13.6. The van der Waals surface area contributed by atoms with Crippen LogP contribution in [0.25, 0.3) is 0 Å². The Morgan fingerprint density at radius 2 is 1.88 bits per heavy atom. The van der Waals surface area contributed by atoms with E-state index < -0.39 is 12.1 Å². The number of carbonyl (C=O) groups is 2. The van der Waals surface area contributed by atoms with Gasteiger partial charge in [0.05, 0.1) is 16.7 Å². The Balaban J connectivity index is 1.43. The van der Waals surface area contributed by atoms with Crippen LogP contribution in [0.5, 0.6) is 0 Å². The number of aromatic nitrogens is 1. The zero-order valence-corrected chi connectivity index (χ0v) is 21.7. The highest BCUT2D eigenvalue weighted by Crippen LogP contribution is 2.31. The Morgan fingerprint density at radius 1 is 1.15 bits per heavy atom. The molecule has 8 heteroatoms. The van der Waals surface area contributed by atoms with E-state index in [1.165, 1.54) is 0 Å². The Labute approximate surface area is 206 Å². The first-order valence-corrected chi connectivity index (χ1v) is 12.9. The molecule has 2 atom stereocenters. The molecule has 34 heavy (non-hydrogen) atoms. The Morgan fingerprint density at radius 3 is 2.56 bits per heavy atom. The van der Waals surface area contributed by atoms with Gasteiger partial charge in [0.2, 0.25) is 5.91 Å². The lowest BCUT2D eigenvalue weighted by molar-refractivity contribution is -0.167. The van der Waals surface area contributed by atoms with Crippen LogP contribution in [0.1, 0.15) is 55.1 Å². The average molecular weight is 485 g/mol. The third kappa shape index (κ3) is 5.50. The molecule has 2 unspecified atom stereocenters. The first-order chi connectivity index (χ1) is 16.1. The fourth-order valence-corrected chi connectivity index (χ4v) is 5.46. The van der Waals surface area contributed by atoms with Gasteiger partial charge in [-0.1, -0.05) is 50.6 Å². The number of thiazole rings is 1. The van der Waals surface area contributed by atoms with Crippen molar-refractivity contribution in [3.63, 3.8) is 0 Å². The number of hydrogen-bond acceptors (Lipinski definition) is 6. The van der Waals surface area contributed by atoms with E-state index in [0.717, 1.165) is 47.9 Å². The average Bonchev–Trinajstić information content (AvgIpc) is 3.15. The highest BCUT2D eigenvalue weighted by molar-refractivity contribution is 7.09. The smallest absolute Gasteiger partial charge is 0.254 e. The van der Waals surface area contributed by atoms with E-state index in [2.05, 4.69) is 31.1 Å². The van der Waals surface area contributed by atoms with E-state index in [1.54, 1.807) is 23.3 Å². The van der Waals surface area contributed by atoms with Crippen LogP contribution >= 0.6 is 11.3 Å². The second-order valence-electron chi connectivity index (χ2n) is 10.4. The number of ether oxygens (including phenoxy) is 1. The number of likely N-dealkylation sites (N-methyl/N-ethyl adjacent to an activating group) is 1. The van der Waals surface area contributed by atoms with Crippen molar-refractivity contribution in [2.75, 3.05) is 39.8 Å². The van der Waals surface area contributed by atoms with E-state index in [-0.39, 0.29) is 23.8 Å². The van der Waals surface area contributed by atoms with Gasteiger partial charge in [0.25, 0.3) is 5.91 Å². The van der Waals surface area contributed by atoms with Crippen LogP contribution in [-0.2, 0) is 26.3 Å². The molecule has 1 aromatic heterocycles. The van der Waals surface area contributed by atoms with Crippen molar-refractivity contribution in [2.45, 2.75) is 58.2 Å². The van der Waals surface area contributed by atoms with Gasteiger partial charge in [0, 0.05) is 50.6 Å². The van der Waals surface area contributed by atoms with Gasteiger partial charge in [-0.15, -0.1) is 11.3 Å². The fraction of sp³-hybridized carbons (Fsp3) is 0.577. The van der Waals surface area contributed by atoms with Crippen molar-refractivity contribution >= 4 is 23.2 Å². The van der Waals surface area contributed by atoms with Crippen LogP contribution in [0.3, 0.4) is 0 Å². The molecule has 0 bridgehead atoms. The molecular weight excluding hydrogens is 448 g/mol. The van der Waals surface area contributed by atoms with Gasteiger partial charge in [0.1, 0.15) is 6.61 Å². The van der Waals surface area contributed by atoms with Crippen LogP contribution in [0.15, 0.2) is 29.6 Å². The Bertz CT molecular complexity index is 1010. The van der Waals surface area contributed by atoms with E-state index in [9.17, 15) is 9.59 Å². The summed E-state index contributed by atoms with van der Waals surface area (Å²) in [7, 11) is 1.76. The van der Waals surface area contributed by atoms with Crippen LogP contribution in [0, 0.1) is 6.92 Å². The van der Waals surface area contributed by atoms with E-state index in [1.807, 2.05) is 36.1 Å². The minimum atomic E-state index is -0.690. The molecule has 7 nitrogen and oxygen atoms in total. The molecule has 1 aromatic carbocycles. The summed E-state index contributed by atoms with van der Waals surface area (Å²) >= 11 is 1.72. The number of morpholine rings is 1. The Kier molecular flexibility index (Phi) is 7.40. The second kappa shape index (κ2) is 10.1. The van der Waals surface area contributed by atoms with Crippen LogP contribution in [0.2, 0.25) is 0 Å². The van der Waals surface area contributed by atoms with Crippen molar-refractivity contribution < 1.29 is 14.3 Å². The predicted molar refractivity (Wildman–Crippen MR) is 134 cm³/mol. The van der Waals surface area contributed by atoms with E-state index >= 15 is 0 Å². The summed E-state index contributed by atoms with van der Waals surface area (Å²) in [5.41, 5.74) is 3.23. The summed E-state index contributed by atoms with van der Waals surface area (Å²) in [4.78, 5) is 36.8. The summed E-state index contributed by atoms with van der Waals surface area (Å²) < 4.78 is 5.87. The molecule has 0 spiro atoms. The summed E-state index contributed by atoms with van der Waals surface area (Å²) in [6.07, 6.45) is 0.212. The minimum absolute atomic E-state index is 0.0320. The van der Waals surface area contributed by atoms with Gasteiger partial charge in [0.15, 0.2) is 6.10 Å². The lowest BCUT2D eigenvalue weighted by Crippen LogP contribution is -2.54. The molecule has 184 valence electrons. The molecule has 0 N–H and O–H groups in total. The molecule has 0 radical (unpaired) electrons. The number of hydrogen-bond donors (Lipinski definition) is 0. The zero-order chi connectivity index (χ0) is 24.5. The van der Waals surface area contributed by atoms with Crippen molar-refractivity contribution in [2.24, 2.45) is 0 Å². The van der Waals surface area contributed by atoms with Crippen molar-refractivity contribution in [1.82, 2.24) is 19.7 Å². The molecule has 2 aliphatic rings. The van der Waals surface area contributed by atoms with Crippen LogP contribution in [0.4, 0.5) is 0 Å². The molecule has 4 rings (SSSR count). The molecule has 0 saturated carbocycles. The van der Waals surface area contributed by atoms with E-state index in [0.29, 0.717) is 13.1 Å². The number of amides is 2. The molecule has 2 aliphatic heterocycles. The van der Waals surface area contributed by atoms with Gasteiger partial charge >= 0.3 is 0 Å². The predicted octanol–water partition coefficient (Wildman–Crippen LogP) is 3.38. The maximum absolute atomic E-state index is 13.6. The van der Waals surface area contributed by atoms with Gasteiger partial charge in [-0.3, -0.25) is 14.5 Å². The standard InChI is InChI=1S/C26H36N4O3S/c1-18-7-9-19(10-8-18)22-23(33-16-21(31)28(22)5)24(32)30-12-6-11-29(13-14-30)15-20-17-34-25(27-20)26(2,3)4/h7-10,17,22-23H,6,11-16H2,1-5H3. The summed E-state index contributed by atoms with van der Waals surface area (Å²) in [6, 6.07) is 7.58. The third-order valence-corrected chi connectivity index (χ3v) is 7.94. The van der Waals surface area contributed by atoms with Gasteiger partial charge in [-0.05, 0) is 18.9 Å². The zero-order valence-electron chi connectivity index (χ0n) is 20.9. The van der Waals surface area contributed by atoms with Crippen molar-refractivity contribution in [3.05, 3.63) is 51.5 Å². The van der Waals surface area contributed by atoms with E-state index in [4.69, 9.17) is 9.72 Å². The van der Waals surface area contributed by atoms with Crippen LogP contribution < -0.4 is 0 Å². The fourth-order valence-electron chi connectivity index (χ4n) is 4.56. The summed E-state index contributed by atoms with van der Waals surface area (Å²) in [5, 5.41) is 3.31. The van der Waals surface area contributed by atoms with Crippen molar-refractivity contribution in [3.8, 4) is 0 Å². The van der Waals surface area contributed by atoms with Crippen LogP contribution in [-0.4, -0.2) is 77.4 Å². The summed E-state index contributed by atoms with van der Waals surface area (Å²) in [6.45, 7) is 12.4. The number of benzene rings is 1. The highest BCUT2D eigenvalue weighted by Gasteiger charge is 2.42.